The highest BCUT2D eigenvalue weighted by Gasteiger charge is 2.35. The zero-order chi connectivity index (χ0) is 38.8. The average Bonchev–Trinajstić information content (AvgIpc) is 3.78. The number of thiophene rings is 1. The highest BCUT2D eigenvalue weighted by atomic mass is 32.1. The van der Waals surface area contributed by atoms with E-state index in [9.17, 15) is 0 Å². The fourth-order valence-electron chi connectivity index (χ4n) is 8.77. The molecular formula is C54H37N3S. The normalized spacial score (nSPS) is 12.8. The third-order valence-corrected chi connectivity index (χ3v) is 12.9. The summed E-state index contributed by atoms with van der Waals surface area (Å²) in [6.07, 6.45) is 0. The third-order valence-electron chi connectivity index (χ3n) is 11.7. The molecule has 0 bridgehead atoms. The summed E-state index contributed by atoms with van der Waals surface area (Å²) in [7, 11) is 0. The third kappa shape index (κ3) is 5.76. The number of rotatable bonds is 6. The lowest BCUT2D eigenvalue weighted by Gasteiger charge is -2.22. The van der Waals surface area contributed by atoms with Crippen molar-refractivity contribution < 1.29 is 0 Å². The Hall–Kier alpha value is -7.01. The molecule has 1 aliphatic rings. The molecule has 4 heteroatoms. The van der Waals surface area contributed by atoms with Gasteiger partial charge in [-0.25, -0.2) is 15.0 Å². The topological polar surface area (TPSA) is 38.7 Å². The van der Waals surface area contributed by atoms with Gasteiger partial charge in [0, 0.05) is 42.3 Å². The molecule has 58 heavy (non-hydrogen) atoms. The van der Waals surface area contributed by atoms with Crippen LogP contribution >= 0.6 is 11.3 Å². The molecule has 0 spiro atoms. The van der Waals surface area contributed by atoms with Gasteiger partial charge in [-0.3, -0.25) is 0 Å². The van der Waals surface area contributed by atoms with E-state index in [4.69, 9.17) is 15.0 Å². The fourth-order valence-corrected chi connectivity index (χ4v) is 9.88. The molecule has 0 unspecified atom stereocenters. The van der Waals surface area contributed by atoms with Crippen LogP contribution in [0, 0.1) is 0 Å². The summed E-state index contributed by atoms with van der Waals surface area (Å²) in [6, 6.07) is 67.3. The van der Waals surface area contributed by atoms with Crippen molar-refractivity contribution in [2.75, 3.05) is 0 Å². The number of benzene rings is 8. The SMILES string of the molecule is CC1(C)c2ccccc2-c2ccc(-c3cccc(-c4nc(-c5ccccc5)nc(-c5cccc6sc7ccc(-c8cccc(-c9ccccc9)c8)cc7c56)n4)c3)cc21. The summed E-state index contributed by atoms with van der Waals surface area (Å²) in [5, 5.41) is 2.36. The molecule has 0 radical (unpaired) electrons. The van der Waals surface area contributed by atoms with Gasteiger partial charge in [-0.15, -0.1) is 11.3 Å². The van der Waals surface area contributed by atoms with Crippen molar-refractivity contribution >= 4 is 31.5 Å². The standard InChI is InChI=1S/C54H37N3S/c1-54(2)46-24-10-9-22-42(46)43-28-26-40(33-47(43)54)38-20-12-21-41(31-38)52-55-51(35-16-7-4-8-17-35)56-53(57-52)44-23-13-25-49-50(44)45-32-39(27-29-48(45)58-49)37-19-11-18-36(30-37)34-14-5-3-6-15-34/h3-33H,1-2H3. The first kappa shape index (κ1) is 34.3. The molecule has 0 N–H and O–H groups in total. The van der Waals surface area contributed by atoms with E-state index < -0.39 is 0 Å². The molecule has 0 atom stereocenters. The van der Waals surface area contributed by atoms with Crippen LogP contribution in [0.5, 0.6) is 0 Å². The highest BCUT2D eigenvalue weighted by Crippen LogP contribution is 2.49. The lowest BCUT2D eigenvalue weighted by Crippen LogP contribution is -2.14. The molecular weight excluding hydrogens is 723 g/mol. The van der Waals surface area contributed by atoms with Crippen molar-refractivity contribution in [2.45, 2.75) is 19.3 Å². The summed E-state index contributed by atoms with van der Waals surface area (Å²) in [4.78, 5) is 15.6. The largest absolute Gasteiger partial charge is 0.208 e. The first-order chi connectivity index (χ1) is 28.5. The predicted octanol–water partition coefficient (Wildman–Crippen LogP) is 14.5. The van der Waals surface area contributed by atoms with Crippen molar-refractivity contribution in [1.29, 1.82) is 0 Å². The van der Waals surface area contributed by atoms with E-state index in [1.807, 2.05) is 29.5 Å². The summed E-state index contributed by atoms with van der Waals surface area (Å²) in [5.74, 6) is 1.96. The van der Waals surface area contributed by atoms with Gasteiger partial charge in [0.05, 0.1) is 0 Å². The van der Waals surface area contributed by atoms with Crippen molar-refractivity contribution in [3.63, 3.8) is 0 Å². The van der Waals surface area contributed by atoms with Crippen LogP contribution in [-0.4, -0.2) is 15.0 Å². The van der Waals surface area contributed by atoms with Gasteiger partial charge >= 0.3 is 0 Å². The number of nitrogens with zero attached hydrogens (tertiary/aromatic N) is 3. The maximum Gasteiger partial charge on any atom is 0.164 e. The van der Waals surface area contributed by atoms with E-state index in [1.165, 1.54) is 64.9 Å². The van der Waals surface area contributed by atoms with E-state index in [0.29, 0.717) is 17.5 Å². The first-order valence-corrected chi connectivity index (χ1v) is 20.6. The molecule has 10 aromatic rings. The van der Waals surface area contributed by atoms with E-state index in [-0.39, 0.29) is 5.41 Å². The van der Waals surface area contributed by atoms with E-state index in [0.717, 1.165) is 27.6 Å². The summed E-state index contributed by atoms with van der Waals surface area (Å²) in [5.41, 5.74) is 15.3. The Morgan fingerprint density at radius 3 is 1.64 bits per heavy atom. The van der Waals surface area contributed by atoms with Gasteiger partial charge in [0.1, 0.15) is 0 Å². The lowest BCUT2D eigenvalue weighted by atomic mass is 9.81. The van der Waals surface area contributed by atoms with Crippen molar-refractivity contribution in [3.8, 4) is 78.7 Å². The molecule has 8 aromatic carbocycles. The Balaban J connectivity index is 1.04. The van der Waals surface area contributed by atoms with Crippen LogP contribution in [-0.2, 0) is 5.41 Å². The van der Waals surface area contributed by atoms with Crippen molar-refractivity contribution in [1.82, 2.24) is 15.0 Å². The molecule has 0 saturated carbocycles. The van der Waals surface area contributed by atoms with Crippen molar-refractivity contribution in [3.05, 3.63) is 199 Å². The van der Waals surface area contributed by atoms with Crippen LogP contribution in [0.25, 0.3) is 98.8 Å². The van der Waals surface area contributed by atoms with E-state index in [2.05, 4.69) is 184 Å². The van der Waals surface area contributed by atoms with Gasteiger partial charge in [0.2, 0.25) is 0 Å². The zero-order valence-electron chi connectivity index (χ0n) is 32.1. The molecule has 0 aliphatic heterocycles. The maximum atomic E-state index is 5.29. The molecule has 2 aromatic heterocycles. The molecule has 3 nitrogen and oxygen atoms in total. The van der Waals surface area contributed by atoms with Crippen LogP contribution < -0.4 is 0 Å². The number of hydrogen-bond acceptors (Lipinski definition) is 4. The Bertz CT molecular complexity index is 3200. The van der Waals surface area contributed by atoms with E-state index >= 15 is 0 Å². The monoisotopic (exact) mass is 759 g/mol. The van der Waals surface area contributed by atoms with Gasteiger partial charge in [-0.1, -0.05) is 166 Å². The second kappa shape index (κ2) is 13.6. The second-order valence-electron chi connectivity index (χ2n) is 15.6. The second-order valence-corrected chi connectivity index (χ2v) is 16.7. The molecule has 0 fully saturated rings. The quantitative estimate of drug-likeness (QED) is 0.169. The smallest absolute Gasteiger partial charge is 0.164 e. The predicted molar refractivity (Wildman–Crippen MR) is 243 cm³/mol. The molecule has 0 saturated heterocycles. The molecule has 0 amide bonds. The Morgan fingerprint density at radius 1 is 0.345 bits per heavy atom. The Kier molecular flexibility index (Phi) is 8.02. The van der Waals surface area contributed by atoms with Gasteiger partial charge < -0.3 is 0 Å². The summed E-state index contributed by atoms with van der Waals surface area (Å²) < 4.78 is 2.44. The van der Waals surface area contributed by atoms with Crippen LogP contribution in [0.4, 0.5) is 0 Å². The molecule has 1 aliphatic carbocycles. The van der Waals surface area contributed by atoms with Gasteiger partial charge in [-0.05, 0) is 92.0 Å². The fraction of sp³-hybridized carbons (Fsp3) is 0.0556. The maximum absolute atomic E-state index is 5.29. The Morgan fingerprint density at radius 2 is 0.862 bits per heavy atom. The van der Waals surface area contributed by atoms with Crippen LogP contribution in [0.15, 0.2) is 188 Å². The minimum absolute atomic E-state index is 0.0763. The van der Waals surface area contributed by atoms with Crippen LogP contribution in [0.1, 0.15) is 25.0 Å². The summed E-state index contributed by atoms with van der Waals surface area (Å²) >= 11 is 1.81. The first-order valence-electron chi connectivity index (χ1n) is 19.8. The molecule has 274 valence electrons. The minimum Gasteiger partial charge on any atom is -0.208 e. The average molecular weight is 760 g/mol. The van der Waals surface area contributed by atoms with Crippen LogP contribution in [0.3, 0.4) is 0 Å². The lowest BCUT2D eigenvalue weighted by molar-refractivity contribution is 0.660. The van der Waals surface area contributed by atoms with Crippen molar-refractivity contribution in [2.24, 2.45) is 0 Å². The minimum atomic E-state index is -0.0763. The van der Waals surface area contributed by atoms with Crippen LogP contribution in [0.2, 0.25) is 0 Å². The number of hydrogen-bond donors (Lipinski definition) is 0. The number of aromatic nitrogens is 3. The molecule has 11 rings (SSSR count). The van der Waals surface area contributed by atoms with Gasteiger partial charge in [-0.2, -0.15) is 0 Å². The highest BCUT2D eigenvalue weighted by molar-refractivity contribution is 7.26. The number of fused-ring (bicyclic) bond motifs is 6. The Labute approximate surface area is 342 Å². The molecule has 2 heterocycles. The zero-order valence-corrected chi connectivity index (χ0v) is 33.0. The van der Waals surface area contributed by atoms with Gasteiger partial charge in [0.25, 0.3) is 0 Å². The van der Waals surface area contributed by atoms with E-state index in [1.54, 1.807) is 0 Å². The summed E-state index contributed by atoms with van der Waals surface area (Å²) in [6.45, 7) is 4.66. The van der Waals surface area contributed by atoms with Gasteiger partial charge in [0.15, 0.2) is 17.5 Å².